The minimum absolute atomic E-state index is 0.0888. The van der Waals surface area contributed by atoms with Gasteiger partial charge in [0.1, 0.15) is 6.54 Å². The van der Waals surface area contributed by atoms with Gasteiger partial charge in [0.25, 0.3) is 16.8 Å². The monoisotopic (exact) mass is 590 g/mol. The zero-order chi connectivity index (χ0) is 28.9. The highest BCUT2D eigenvalue weighted by Crippen LogP contribution is 2.37. The van der Waals surface area contributed by atoms with Crippen LogP contribution in [-0.4, -0.2) is 59.7 Å². The van der Waals surface area contributed by atoms with E-state index in [2.05, 4.69) is 10.2 Å². The molecule has 2 fully saturated rings. The summed E-state index contributed by atoms with van der Waals surface area (Å²) in [6.07, 6.45) is 1.43. The Morgan fingerprint density at radius 3 is 2.46 bits per heavy atom. The van der Waals surface area contributed by atoms with Crippen molar-refractivity contribution in [1.29, 1.82) is 0 Å². The van der Waals surface area contributed by atoms with E-state index in [9.17, 15) is 24.5 Å². The maximum Gasteiger partial charge on any atom is 0.294 e. The van der Waals surface area contributed by atoms with Crippen LogP contribution < -0.4 is 10.2 Å². The molecule has 0 aliphatic carbocycles. The molecule has 1 N–H and O–H groups in total. The van der Waals surface area contributed by atoms with Crippen molar-refractivity contribution in [2.24, 2.45) is 0 Å². The van der Waals surface area contributed by atoms with E-state index in [1.165, 1.54) is 23.9 Å². The molecule has 3 amide bonds. The van der Waals surface area contributed by atoms with Gasteiger partial charge in [-0.3, -0.25) is 29.4 Å². The van der Waals surface area contributed by atoms with Crippen molar-refractivity contribution in [2.75, 3.05) is 43.1 Å². The van der Waals surface area contributed by atoms with Crippen molar-refractivity contribution >= 4 is 63.7 Å². The molecule has 0 bridgehead atoms. The lowest BCUT2D eigenvalue weighted by Gasteiger charge is -2.28. The number of nitrogens with one attached hydrogen (secondary N) is 1. The number of rotatable bonds is 8. The third-order valence-corrected chi connectivity index (χ3v) is 8.41. The van der Waals surface area contributed by atoms with E-state index in [0.717, 1.165) is 34.1 Å². The van der Waals surface area contributed by atoms with Gasteiger partial charge in [-0.25, -0.2) is 0 Å². The van der Waals surface area contributed by atoms with E-state index in [-0.39, 0.29) is 10.6 Å². The van der Waals surface area contributed by atoms with Crippen molar-refractivity contribution in [1.82, 2.24) is 4.90 Å². The fraction of sp³-hybridized carbons (Fsp3) is 0.207. The lowest BCUT2D eigenvalue weighted by Crippen LogP contribution is -2.36. The number of nitrogens with zero attached hydrogens (tertiary/aromatic N) is 3. The smallest absolute Gasteiger partial charge is 0.294 e. The van der Waals surface area contributed by atoms with E-state index < -0.39 is 28.5 Å². The second kappa shape index (κ2) is 12.6. The van der Waals surface area contributed by atoms with E-state index in [0.29, 0.717) is 41.1 Å². The van der Waals surface area contributed by atoms with Gasteiger partial charge >= 0.3 is 0 Å². The molecule has 2 saturated heterocycles. The summed E-state index contributed by atoms with van der Waals surface area (Å²) in [5.41, 5.74) is 2.95. The van der Waals surface area contributed by atoms with Gasteiger partial charge in [0.2, 0.25) is 5.91 Å². The molecule has 10 nitrogen and oxygen atoms in total. The number of nitro groups is 1. The number of benzene rings is 3. The molecule has 0 atom stereocenters. The van der Waals surface area contributed by atoms with Crippen molar-refractivity contribution in [3.05, 3.63) is 92.9 Å². The summed E-state index contributed by atoms with van der Waals surface area (Å²) < 4.78 is 5.37. The van der Waals surface area contributed by atoms with Crippen LogP contribution in [0.3, 0.4) is 0 Å². The first-order chi connectivity index (χ1) is 19.8. The number of aryl methyl sites for hydroxylation is 1. The number of ether oxygens (including phenoxy) is 1. The SMILES string of the molecule is Cc1ccc(Sc2ccc(/C=C3\SC(=O)N(CC(=O)Nc4ccc(N5CCOCC5)cc4)C3=O)cc2[N+](=O)[O-])cc1. The minimum Gasteiger partial charge on any atom is -0.378 e. The van der Waals surface area contributed by atoms with Crippen LogP contribution >= 0.6 is 23.5 Å². The quantitative estimate of drug-likeness (QED) is 0.204. The summed E-state index contributed by atoms with van der Waals surface area (Å²) in [6.45, 7) is 4.44. The van der Waals surface area contributed by atoms with Gasteiger partial charge in [0.05, 0.1) is 27.9 Å². The number of carbonyl (C=O) groups excluding carboxylic acids is 3. The molecule has 0 saturated carbocycles. The Morgan fingerprint density at radius 2 is 1.78 bits per heavy atom. The normalized spacial score (nSPS) is 16.4. The molecule has 0 spiro atoms. The first-order valence-corrected chi connectivity index (χ1v) is 14.4. The van der Waals surface area contributed by atoms with Crippen LogP contribution in [0.1, 0.15) is 11.1 Å². The zero-order valence-corrected chi connectivity index (χ0v) is 23.7. The topological polar surface area (TPSA) is 122 Å². The van der Waals surface area contributed by atoms with Crippen molar-refractivity contribution in [3.63, 3.8) is 0 Å². The predicted molar refractivity (Wildman–Crippen MR) is 159 cm³/mol. The number of hydrogen-bond donors (Lipinski definition) is 1. The summed E-state index contributed by atoms with van der Waals surface area (Å²) in [5, 5.41) is 13.9. The van der Waals surface area contributed by atoms with Crippen molar-refractivity contribution < 1.29 is 24.0 Å². The Balaban J connectivity index is 1.24. The van der Waals surface area contributed by atoms with Crippen LogP contribution in [0.2, 0.25) is 0 Å². The Bertz CT molecular complexity index is 1520. The largest absolute Gasteiger partial charge is 0.378 e. The van der Waals surface area contributed by atoms with E-state index in [4.69, 9.17) is 4.74 Å². The molecule has 0 unspecified atom stereocenters. The summed E-state index contributed by atoms with van der Waals surface area (Å²) in [6, 6.07) is 19.6. The Morgan fingerprint density at radius 1 is 1.07 bits per heavy atom. The fourth-order valence-electron chi connectivity index (χ4n) is 4.30. The highest BCUT2D eigenvalue weighted by molar-refractivity contribution is 8.18. The zero-order valence-electron chi connectivity index (χ0n) is 22.1. The van der Waals surface area contributed by atoms with E-state index in [1.54, 1.807) is 24.3 Å². The third-order valence-electron chi connectivity index (χ3n) is 6.43. The van der Waals surface area contributed by atoms with Gasteiger partial charge in [-0.05, 0) is 72.8 Å². The molecule has 3 aromatic carbocycles. The Labute approximate surface area is 244 Å². The maximum atomic E-state index is 13.0. The van der Waals surface area contributed by atoms with Crippen LogP contribution in [0, 0.1) is 17.0 Å². The van der Waals surface area contributed by atoms with Crippen molar-refractivity contribution in [2.45, 2.75) is 16.7 Å². The van der Waals surface area contributed by atoms with E-state index in [1.807, 2.05) is 43.3 Å². The molecular formula is C29H26N4O6S2. The molecule has 41 heavy (non-hydrogen) atoms. The molecule has 0 radical (unpaired) electrons. The maximum absolute atomic E-state index is 13.0. The van der Waals surface area contributed by atoms with Gasteiger partial charge in [-0.2, -0.15) is 0 Å². The molecular weight excluding hydrogens is 564 g/mol. The summed E-state index contributed by atoms with van der Waals surface area (Å²) >= 11 is 1.96. The van der Waals surface area contributed by atoms with Gasteiger partial charge in [0.15, 0.2) is 0 Å². The molecule has 2 aliphatic rings. The lowest BCUT2D eigenvalue weighted by molar-refractivity contribution is -0.387. The van der Waals surface area contributed by atoms with Crippen molar-refractivity contribution in [3.8, 4) is 0 Å². The van der Waals surface area contributed by atoms with Crippen LogP contribution in [0.25, 0.3) is 6.08 Å². The second-order valence-corrected chi connectivity index (χ2v) is 11.5. The fourth-order valence-corrected chi connectivity index (χ4v) is 6.03. The number of amides is 3. The van der Waals surface area contributed by atoms with Crippen LogP contribution in [0.15, 0.2) is 81.4 Å². The lowest BCUT2D eigenvalue weighted by atomic mass is 10.2. The molecule has 210 valence electrons. The standard InChI is InChI=1S/C29H26N4O6S2/c1-19-2-9-23(10-3-19)40-25-11-4-20(16-24(25)33(37)38)17-26-28(35)32(29(36)41-26)18-27(34)30-21-5-7-22(8-6-21)31-12-14-39-15-13-31/h2-11,16-17H,12-15,18H2,1H3,(H,30,34)/b26-17-. The van der Waals surface area contributed by atoms with Gasteiger partial charge < -0.3 is 15.0 Å². The highest BCUT2D eigenvalue weighted by Gasteiger charge is 2.36. The number of hydrogen-bond acceptors (Lipinski definition) is 9. The summed E-state index contributed by atoms with van der Waals surface area (Å²) in [7, 11) is 0. The molecule has 2 aliphatic heterocycles. The first kappa shape index (κ1) is 28.4. The molecule has 2 heterocycles. The van der Waals surface area contributed by atoms with Crippen LogP contribution in [0.4, 0.5) is 21.9 Å². The summed E-state index contributed by atoms with van der Waals surface area (Å²) in [5.74, 6) is -1.14. The number of imide groups is 1. The second-order valence-electron chi connectivity index (χ2n) is 9.36. The van der Waals surface area contributed by atoms with E-state index >= 15 is 0 Å². The number of thioether (sulfide) groups is 1. The molecule has 0 aromatic heterocycles. The molecule has 12 heteroatoms. The van der Waals surface area contributed by atoms with Gasteiger partial charge in [-0.15, -0.1) is 0 Å². The third kappa shape index (κ3) is 6.96. The number of morpholine rings is 1. The number of nitro benzene ring substituents is 1. The highest BCUT2D eigenvalue weighted by atomic mass is 32.2. The van der Waals surface area contributed by atoms with Gasteiger partial charge in [0, 0.05) is 35.4 Å². The Kier molecular flexibility index (Phi) is 8.72. The summed E-state index contributed by atoms with van der Waals surface area (Å²) in [4.78, 5) is 53.9. The average molecular weight is 591 g/mol. The molecule has 3 aromatic rings. The van der Waals surface area contributed by atoms with Gasteiger partial charge in [-0.1, -0.05) is 35.5 Å². The average Bonchev–Trinajstić information content (AvgIpc) is 3.23. The molecule has 5 rings (SSSR count). The first-order valence-electron chi connectivity index (χ1n) is 12.8. The minimum atomic E-state index is -0.626. The predicted octanol–water partition coefficient (Wildman–Crippen LogP) is 5.57. The number of carbonyl (C=O) groups is 3. The van der Waals surface area contributed by atoms with Crippen LogP contribution in [0.5, 0.6) is 0 Å². The Hall–Kier alpha value is -4.13. The van der Waals surface area contributed by atoms with Crippen LogP contribution in [-0.2, 0) is 14.3 Å². The number of anilines is 2.